The maximum absolute atomic E-state index is 6.06. The molecule has 1 fully saturated rings. The first-order chi connectivity index (χ1) is 12.5. The molecule has 0 saturated carbocycles. The van der Waals surface area contributed by atoms with Crippen LogP contribution in [0.15, 0.2) is 42.5 Å². The van der Waals surface area contributed by atoms with Gasteiger partial charge in [0.25, 0.3) is 0 Å². The van der Waals surface area contributed by atoms with Crippen LogP contribution in [-0.4, -0.2) is 48.2 Å². The zero-order chi connectivity index (χ0) is 18.5. The third-order valence-corrected chi connectivity index (χ3v) is 5.47. The summed E-state index contributed by atoms with van der Waals surface area (Å²) in [5.41, 5.74) is 2.11. The first-order valence-corrected chi connectivity index (χ1v) is 9.58. The van der Waals surface area contributed by atoms with Crippen molar-refractivity contribution in [3.63, 3.8) is 0 Å². The normalized spacial score (nSPS) is 15.0. The zero-order valence-electron chi connectivity index (χ0n) is 14.5. The van der Waals surface area contributed by atoms with E-state index in [9.17, 15) is 0 Å². The van der Waals surface area contributed by atoms with Crippen molar-refractivity contribution < 1.29 is 4.74 Å². The number of hydrogen-bond donors (Lipinski definition) is 1. The van der Waals surface area contributed by atoms with Gasteiger partial charge in [0.2, 0.25) is 0 Å². The van der Waals surface area contributed by atoms with Crippen LogP contribution in [0.25, 0.3) is 0 Å². The Bertz CT molecular complexity index is 779. The second-order valence-electron chi connectivity index (χ2n) is 6.17. The molecule has 1 N–H and O–H groups in total. The SMILES string of the molecule is COc1cccc(CN2CCN(C(=S)Nc3ccc(Cl)c(Cl)c3)CC2)c1. The van der Waals surface area contributed by atoms with Gasteiger partial charge in [0.1, 0.15) is 5.75 Å². The summed E-state index contributed by atoms with van der Waals surface area (Å²) in [7, 11) is 1.69. The number of piperazine rings is 1. The highest BCUT2D eigenvalue weighted by Crippen LogP contribution is 2.25. The number of nitrogens with zero attached hydrogens (tertiary/aromatic N) is 2. The van der Waals surface area contributed by atoms with Crippen LogP contribution in [0.2, 0.25) is 10.0 Å². The Morgan fingerprint density at radius 3 is 2.54 bits per heavy atom. The summed E-state index contributed by atoms with van der Waals surface area (Å²) in [5, 5.41) is 5.00. The van der Waals surface area contributed by atoms with Crippen LogP contribution in [0.1, 0.15) is 5.56 Å². The van der Waals surface area contributed by atoms with Crippen molar-refractivity contribution in [1.29, 1.82) is 0 Å². The molecule has 2 aromatic carbocycles. The van der Waals surface area contributed by atoms with E-state index in [2.05, 4.69) is 27.2 Å². The van der Waals surface area contributed by atoms with E-state index in [0.29, 0.717) is 15.2 Å². The minimum atomic E-state index is 0.516. The van der Waals surface area contributed by atoms with Crippen LogP contribution >= 0.6 is 35.4 Å². The zero-order valence-corrected chi connectivity index (χ0v) is 16.9. The van der Waals surface area contributed by atoms with Gasteiger partial charge in [0.15, 0.2) is 5.11 Å². The van der Waals surface area contributed by atoms with E-state index < -0.39 is 0 Å². The monoisotopic (exact) mass is 409 g/mol. The van der Waals surface area contributed by atoms with Crippen LogP contribution in [0.3, 0.4) is 0 Å². The Morgan fingerprint density at radius 1 is 1.08 bits per heavy atom. The Kier molecular flexibility index (Phi) is 6.59. The molecule has 3 rings (SSSR count). The molecule has 0 unspecified atom stereocenters. The predicted octanol–water partition coefficient (Wildman–Crippen LogP) is 4.52. The van der Waals surface area contributed by atoms with Gasteiger partial charge in [-0.15, -0.1) is 0 Å². The van der Waals surface area contributed by atoms with Gasteiger partial charge in [-0.3, -0.25) is 4.90 Å². The van der Waals surface area contributed by atoms with Crippen LogP contribution in [0.5, 0.6) is 5.75 Å². The molecule has 26 heavy (non-hydrogen) atoms. The molecule has 1 aliphatic heterocycles. The molecule has 4 nitrogen and oxygen atoms in total. The van der Waals surface area contributed by atoms with E-state index in [0.717, 1.165) is 44.2 Å². The van der Waals surface area contributed by atoms with Gasteiger partial charge >= 0.3 is 0 Å². The van der Waals surface area contributed by atoms with Gasteiger partial charge in [-0.05, 0) is 48.1 Å². The fourth-order valence-corrected chi connectivity index (χ4v) is 3.51. The molecule has 2 aromatic rings. The van der Waals surface area contributed by atoms with Crippen LogP contribution in [0.4, 0.5) is 5.69 Å². The number of hydrogen-bond acceptors (Lipinski definition) is 3. The molecule has 1 saturated heterocycles. The van der Waals surface area contributed by atoms with Crippen molar-refractivity contribution in [2.45, 2.75) is 6.54 Å². The highest BCUT2D eigenvalue weighted by atomic mass is 35.5. The molecular weight excluding hydrogens is 389 g/mol. The number of halogens is 2. The number of anilines is 1. The minimum Gasteiger partial charge on any atom is -0.497 e. The van der Waals surface area contributed by atoms with Gasteiger partial charge in [-0.1, -0.05) is 35.3 Å². The molecule has 0 radical (unpaired) electrons. The Hall–Kier alpha value is -1.53. The molecule has 1 aliphatic rings. The number of rotatable bonds is 4. The first-order valence-electron chi connectivity index (χ1n) is 8.41. The number of methoxy groups -OCH3 is 1. The van der Waals surface area contributed by atoms with E-state index >= 15 is 0 Å². The van der Waals surface area contributed by atoms with Crippen molar-refractivity contribution in [1.82, 2.24) is 9.80 Å². The first kappa shape index (κ1) is 19.2. The summed E-state index contributed by atoms with van der Waals surface area (Å²) in [6, 6.07) is 13.6. The van der Waals surface area contributed by atoms with Crippen molar-refractivity contribution >= 4 is 46.2 Å². The lowest BCUT2D eigenvalue weighted by molar-refractivity contribution is 0.177. The van der Waals surface area contributed by atoms with Crippen molar-refractivity contribution in [2.24, 2.45) is 0 Å². The molecule has 0 bridgehead atoms. The maximum atomic E-state index is 6.06. The molecule has 0 spiro atoms. The molecule has 0 amide bonds. The fraction of sp³-hybridized carbons (Fsp3) is 0.316. The lowest BCUT2D eigenvalue weighted by atomic mass is 10.2. The third kappa shape index (κ3) is 5.01. The molecule has 1 heterocycles. The molecule has 7 heteroatoms. The molecular formula is C19H21Cl2N3OS. The molecule has 0 aliphatic carbocycles. The quantitative estimate of drug-likeness (QED) is 0.749. The highest BCUT2D eigenvalue weighted by Gasteiger charge is 2.19. The number of nitrogens with one attached hydrogen (secondary N) is 1. The van der Waals surface area contributed by atoms with Crippen molar-refractivity contribution in [3.8, 4) is 5.75 Å². The fourth-order valence-electron chi connectivity index (χ4n) is 2.91. The van der Waals surface area contributed by atoms with Crippen LogP contribution < -0.4 is 10.1 Å². The van der Waals surface area contributed by atoms with E-state index in [4.69, 9.17) is 40.2 Å². The second kappa shape index (κ2) is 8.91. The molecule has 0 atom stereocenters. The summed E-state index contributed by atoms with van der Waals surface area (Å²) < 4.78 is 5.30. The summed E-state index contributed by atoms with van der Waals surface area (Å²) in [4.78, 5) is 4.60. The van der Waals surface area contributed by atoms with E-state index in [1.54, 1.807) is 19.2 Å². The molecule has 138 valence electrons. The lowest BCUT2D eigenvalue weighted by Gasteiger charge is -2.36. The number of benzene rings is 2. The summed E-state index contributed by atoms with van der Waals surface area (Å²) in [6.07, 6.45) is 0. The van der Waals surface area contributed by atoms with Gasteiger partial charge < -0.3 is 15.0 Å². The largest absolute Gasteiger partial charge is 0.497 e. The smallest absolute Gasteiger partial charge is 0.173 e. The summed E-state index contributed by atoms with van der Waals surface area (Å²) >= 11 is 17.5. The average Bonchev–Trinajstić information content (AvgIpc) is 2.65. The topological polar surface area (TPSA) is 27.7 Å². The maximum Gasteiger partial charge on any atom is 0.173 e. The van der Waals surface area contributed by atoms with Crippen molar-refractivity contribution in [2.75, 3.05) is 38.6 Å². The number of thiocarbonyl (C=S) groups is 1. The minimum absolute atomic E-state index is 0.516. The van der Waals surface area contributed by atoms with Gasteiger partial charge in [0.05, 0.1) is 17.2 Å². The van der Waals surface area contributed by atoms with Crippen LogP contribution in [0, 0.1) is 0 Å². The van der Waals surface area contributed by atoms with E-state index in [1.807, 2.05) is 18.2 Å². The van der Waals surface area contributed by atoms with Crippen molar-refractivity contribution in [3.05, 3.63) is 58.1 Å². The van der Waals surface area contributed by atoms with Gasteiger partial charge in [0, 0.05) is 38.4 Å². The molecule has 0 aromatic heterocycles. The standard InChI is InChI=1S/C19H21Cl2N3OS/c1-25-16-4-2-3-14(11-16)13-23-7-9-24(10-8-23)19(26)22-15-5-6-17(20)18(21)12-15/h2-6,11-12H,7-10,13H2,1H3,(H,22,26). The predicted molar refractivity (Wildman–Crippen MR) is 113 cm³/mol. The second-order valence-corrected chi connectivity index (χ2v) is 7.37. The Morgan fingerprint density at radius 2 is 1.85 bits per heavy atom. The Balaban J connectivity index is 1.51. The van der Waals surface area contributed by atoms with E-state index in [1.165, 1.54) is 5.56 Å². The highest BCUT2D eigenvalue weighted by molar-refractivity contribution is 7.80. The Labute approximate surface area is 169 Å². The third-order valence-electron chi connectivity index (χ3n) is 4.37. The van der Waals surface area contributed by atoms with E-state index in [-0.39, 0.29) is 0 Å². The van der Waals surface area contributed by atoms with Gasteiger partial charge in [-0.2, -0.15) is 0 Å². The average molecular weight is 410 g/mol. The summed E-state index contributed by atoms with van der Waals surface area (Å²) in [6.45, 7) is 4.60. The number of ether oxygens (including phenoxy) is 1. The van der Waals surface area contributed by atoms with Crippen LogP contribution in [-0.2, 0) is 6.54 Å². The van der Waals surface area contributed by atoms with Gasteiger partial charge in [-0.25, -0.2) is 0 Å². The lowest BCUT2D eigenvalue weighted by Crippen LogP contribution is -2.49. The summed E-state index contributed by atoms with van der Waals surface area (Å²) in [5.74, 6) is 0.896.